The summed E-state index contributed by atoms with van der Waals surface area (Å²) in [5, 5.41) is 3.38. The van der Waals surface area contributed by atoms with E-state index in [0.717, 1.165) is 19.2 Å². The lowest BCUT2D eigenvalue weighted by molar-refractivity contribution is -0.275. The monoisotopic (exact) mass is 452 g/mol. The summed E-state index contributed by atoms with van der Waals surface area (Å²) in [6.07, 6.45) is -5.52. The van der Waals surface area contributed by atoms with E-state index in [1.165, 1.54) is 18.2 Å². The molecule has 28 heavy (non-hydrogen) atoms. The zero-order valence-corrected chi connectivity index (χ0v) is 16.2. The molecule has 1 aromatic heterocycles. The molecule has 0 fully saturated rings. The van der Waals surface area contributed by atoms with Crippen LogP contribution in [0.1, 0.15) is 28.0 Å². The van der Waals surface area contributed by atoms with Gasteiger partial charge in [-0.25, -0.2) is 9.78 Å². The van der Waals surface area contributed by atoms with Gasteiger partial charge in [-0.05, 0) is 30.3 Å². The number of aromatic nitrogens is 1. The molecule has 148 valence electrons. The van der Waals surface area contributed by atoms with Crippen molar-refractivity contribution in [1.82, 2.24) is 4.98 Å². The van der Waals surface area contributed by atoms with Crippen LogP contribution >= 0.6 is 34.8 Å². The second kappa shape index (κ2) is 7.42. The van der Waals surface area contributed by atoms with E-state index in [9.17, 15) is 18.0 Å². The topological polar surface area (TPSA) is 60.8 Å². The van der Waals surface area contributed by atoms with E-state index in [-0.39, 0.29) is 37.7 Å². The maximum Gasteiger partial charge on any atom is 0.435 e. The Labute approximate surface area is 172 Å². The molecule has 0 saturated heterocycles. The van der Waals surface area contributed by atoms with Crippen molar-refractivity contribution < 1.29 is 27.5 Å². The van der Waals surface area contributed by atoms with Gasteiger partial charge >= 0.3 is 12.1 Å². The third-order valence-electron chi connectivity index (χ3n) is 4.06. The maximum absolute atomic E-state index is 14.0. The van der Waals surface area contributed by atoms with Crippen molar-refractivity contribution in [3.8, 4) is 0 Å². The smallest absolute Gasteiger partial charge is 0.435 e. The fourth-order valence-electron chi connectivity index (χ4n) is 2.69. The van der Waals surface area contributed by atoms with Crippen LogP contribution in [0.5, 0.6) is 0 Å². The highest BCUT2D eigenvalue weighted by Gasteiger charge is 2.62. The normalized spacial score (nSPS) is 19.2. The zero-order chi connectivity index (χ0) is 20.7. The Kier molecular flexibility index (Phi) is 5.49. The molecule has 1 aliphatic heterocycles. The number of hydrogen-bond acceptors (Lipinski definition) is 5. The van der Waals surface area contributed by atoms with Crippen molar-refractivity contribution in [3.63, 3.8) is 0 Å². The number of rotatable bonds is 3. The molecule has 2 aromatic rings. The summed E-state index contributed by atoms with van der Waals surface area (Å²) in [5.74, 6) is -0.730. The summed E-state index contributed by atoms with van der Waals surface area (Å²) in [5.41, 5.74) is -3.19. The summed E-state index contributed by atoms with van der Waals surface area (Å²) in [6.45, 7) is 0. The van der Waals surface area contributed by atoms with E-state index < -0.39 is 24.2 Å². The predicted octanol–water partition coefficient (Wildman–Crippen LogP) is 5.41. The van der Waals surface area contributed by atoms with Gasteiger partial charge in [0, 0.05) is 15.6 Å². The van der Waals surface area contributed by atoms with Gasteiger partial charge in [-0.15, -0.1) is 0 Å². The van der Waals surface area contributed by atoms with Gasteiger partial charge in [0.15, 0.2) is 0 Å². The molecule has 3 rings (SSSR count). The van der Waals surface area contributed by atoms with Crippen LogP contribution in [0, 0.1) is 0 Å². The number of carbonyl (C=O) groups is 1. The minimum atomic E-state index is -4.83. The van der Waals surface area contributed by atoms with Crippen molar-refractivity contribution in [3.05, 3.63) is 62.4 Å². The van der Waals surface area contributed by atoms with Crippen LogP contribution < -0.4 is 0 Å². The molecule has 0 bridgehead atoms. The third-order valence-corrected chi connectivity index (χ3v) is 4.79. The molecular weight excluding hydrogens is 444 g/mol. The Balaban J connectivity index is 2.00. The largest absolute Gasteiger partial charge is 0.465 e. The molecule has 0 saturated carbocycles. The maximum atomic E-state index is 14.0. The standard InChI is InChI=1S/C17H10Cl3F3N2O3/c1-27-15(26)11-2-3-12(24-14(11)20)13-7-16(28-25-13,17(21,22)23)8-4-9(18)6-10(19)5-8/h2-6H,7H2,1H3. The highest BCUT2D eigenvalue weighted by molar-refractivity contribution is 6.34. The summed E-state index contributed by atoms with van der Waals surface area (Å²) < 4.78 is 46.4. The van der Waals surface area contributed by atoms with E-state index >= 15 is 0 Å². The first-order chi connectivity index (χ1) is 13.1. The first-order valence-electron chi connectivity index (χ1n) is 7.61. The molecule has 0 N–H and O–H groups in total. The molecule has 2 heterocycles. The number of alkyl halides is 3. The number of halogens is 6. The van der Waals surface area contributed by atoms with Crippen molar-refractivity contribution >= 4 is 46.5 Å². The van der Waals surface area contributed by atoms with E-state index in [1.54, 1.807) is 0 Å². The summed E-state index contributed by atoms with van der Waals surface area (Å²) in [7, 11) is 1.16. The minimum Gasteiger partial charge on any atom is -0.465 e. The lowest BCUT2D eigenvalue weighted by atomic mass is 9.87. The number of ether oxygens (including phenoxy) is 1. The quantitative estimate of drug-likeness (QED) is 0.460. The van der Waals surface area contributed by atoms with Gasteiger partial charge in [0.25, 0.3) is 5.60 Å². The van der Waals surface area contributed by atoms with Gasteiger partial charge in [0.05, 0.1) is 24.8 Å². The van der Waals surface area contributed by atoms with Crippen LogP contribution in [0.25, 0.3) is 0 Å². The first-order valence-corrected chi connectivity index (χ1v) is 8.74. The van der Waals surface area contributed by atoms with E-state index in [2.05, 4.69) is 14.9 Å². The van der Waals surface area contributed by atoms with Crippen molar-refractivity contribution in [2.75, 3.05) is 7.11 Å². The number of pyridine rings is 1. The number of methoxy groups -OCH3 is 1. The van der Waals surface area contributed by atoms with E-state index in [0.29, 0.717) is 0 Å². The predicted molar refractivity (Wildman–Crippen MR) is 97.0 cm³/mol. The van der Waals surface area contributed by atoms with Gasteiger partial charge in [0.2, 0.25) is 0 Å². The van der Waals surface area contributed by atoms with Crippen LogP contribution in [0.2, 0.25) is 15.2 Å². The number of nitrogens with zero attached hydrogens (tertiary/aromatic N) is 2. The van der Waals surface area contributed by atoms with Crippen LogP contribution in [0.15, 0.2) is 35.5 Å². The van der Waals surface area contributed by atoms with Gasteiger partial charge < -0.3 is 9.57 Å². The highest BCUT2D eigenvalue weighted by atomic mass is 35.5. The molecule has 11 heteroatoms. The molecule has 0 radical (unpaired) electrons. The third kappa shape index (κ3) is 3.64. The number of carbonyl (C=O) groups excluding carboxylic acids is 1. The molecule has 1 aliphatic rings. The Morgan fingerprint density at radius 2 is 1.82 bits per heavy atom. The van der Waals surface area contributed by atoms with E-state index in [4.69, 9.17) is 39.6 Å². The van der Waals surface area contributed by atoms with Crippen molar-refractivity contribution in [2.24, 2.45) is 5.16 Å². The second-order valence-electron chi connectivity index (χ2n) is 5.82. The Morgan fingerprint density at radius 3 is 2.36 bits per heavy atom. The first kappa shape index (κ1) is 20.7. The van der Waals surface area contributed by atoms with Gasteiger partial charge in [-0.1, -0.05) is 40.0 Å². The molecular formula is C17H10Cl3F3N2O3. The fourth-order valence-corrected chi connectivity index (χ4v) is 3.44. The van der Waals surface area contributed by atoms with Gasteiger partial charge in [-0.3, -0.25) is 0 Å². The lowest BCUT2D eigenvalue weighted by Gasteiger charge is -2.29. The average Bonchev–Trinajstić information content (AvgIpc) is 3.07. The van der Waals surface area contributed by atoms with Crippen LogP contribution in [-0.4, -0.2) is 30.0 Å². The number of esters is 1. The molecule has 0 amide bonds. The van der Waals surface area contributed by atoms with Crippen LogP contribution in [0.4, 0.5) is 13.2 Å². The Bertz CT molecular complexity index is 962. The molecule has 0 aliphatic carbocycles. The lowest BCUT2D eigenvalue weighted by Crippen LogP contribution is -2.42. The zero-order valence-electron chi connectivity index (χ0n) is 14.0. The summed E-state index contributed by atoms with van der Waals surface area (Å²) >= 11 is 17.7. The van der Waals surface area contributed by atoms with E-state index in [1.807, 2.05) is 0 Å². The Hall–Kier alpha value is -2.03. The molecule has 1 aromatic carbocycles. The molecule has 1 atom stereocenters. The average molecular weight is 454 g/mol. The highest BCUT2D eigenvalue weighted by Crippen LogP contribution is 2.49. The van der Waals surface area contributed by atoms with Crippen LogP contribution in [-0.2, 0) is 15.2 Å². The number of hydrogen-bond donors (Lipinski definition) is 0. The van der Waals surface area contributed by atoms with Gasteiger partial charge in [-0.2, -0.15) is 13.2 Å². The summed E-state index contributed by atoms with van der Waals surface area (Å²) in [4.78, 5) is 20.4. The van der Waals surface area contributed by atoms with Crippen molar-refractivity contribution in [2.45, 2.75) is 18.2 Å². The van der Waals surface area contributed by atoms with Crippen LogP contribution in [0.3, 0.4) is 0 Å². The second-order valence-corrected chi connectivity index (χ2v) is 7.05. The molecule has 0 spiro atoms. The Morgan fingerprint density at radius 1 is 1.18 bits per heavy atom. The minimum absolute atomic E-state index is 0.0202. The molecule has 5 nitrogen and oxygen atoms in total. The fraction of sp³-hybridized carbons (Fsp3) is 0.235. The number of oxime groups is 1. The van der Waals surface area contributed by atoms with Gasteiger partial charge in [0.1, 0.15) is 10.9 Å². The molecule has 1 unspecified atom stereocenters. The number of benzene rings is 1. The van der Waals surface area contributed by atoms with Crippen molar-refractivity contribution in [1.29, 1.82) is 0 Å². The summed E-state index contributed by atoms with van der Waals surface area (Å²) in [6, 6.07) is 6.11. The SMILES string of the molecule is COC(=O)c1ccc(C2=NOC(c3cc(Cl)cc(Cl)c3)(C(F)(F)F)C2)nc1Cl.